The molecular weight excluding hydrogens is 475 g/mol. The van der Waals surface area contributed by atoms with E-state index in [4.69, 9.17) is 4.74 Å². The Morgan fingerprint density at radius 3 is 1.21 bits per heavy atom. The number of anilines is 6. The van der Waals surface area contributed by atoms with E-state index in [2.05, 4.69) is 129 Å². The minimum absolute atomic E-state index is 0.115. The number of nitrogens with zero attached hydrogens (tertiary/aromatic N) is 2. The molecule has 0 amide bonds. The molecule has 3 aliphatic heterocycles. The summed E-state index contributed by atoms with van der Waals surface area (Å²) in [6, 6.07) is 31.6. The highest BCUT2D eigenvalue weighted by atomic mass is 16.5. The average Bonchev–Trinajstić information content (AvgIpc) is 2.89. The maximum absolute atomic E-state index is 6.79. The molecule has 39 heavy (non-hydrogen) atoms. The Kier molecular flexibility index (Phi) is 4.51. The second-order valence-electron chi connectivity index (χ2n) is 11.5. The van der Waals surface area contributed by atoms with Gasteiger partial charge in [0.25, 0.3) is 6.71 Å². The smallest absolute Gasteiger partial charge is 0.261 e. The molecule has 3 nitrogen and oxygen atoms in total. The molecule has 0 atom stereocenters. The first-order valence-corrected chi connectivity index (χ1v) is 13.7. The number of aryl methyl sites for hydroxylation is 5. The normalized spacial score (nSPS) is 13.8. The van der Waals surface area contributed by atoms with E-state index in [9.17, 15) is 0 Å². The maximum atomic E-state index is 6.79. The molecule has 4 heteroatoms. The molecule has 0 saturated carbocycles. The van der Waals surface area contributed by atoms with E-state index in [1.165, 1.54) is 78.3 Å². The molecule has 188 valence electrons. The van der Waals surface area contributed by atoms with Crippen LogP contribution in [-0.2, 0) is 0 Å². The topological polar surface area (TPSA) is 15.7 Å². The van der Waals surface area contributed by atoms with Gasteiger partial charge in [-0.3, -0.25) is 0 Å². The summed E-state index contributed by atoms with van der Waals surface area (Å²) < 4.78 is 6.79. The first-order valence-electron chi connectivity index (χ1n) is 13.7. The van der Waals surface area contributed by atoms with Gasteiger partial charge < -0.3 is 14.5 Å². The predicted octanol–water partition coefficient (Wildman–Crippen LogP) is 7.42. The molecule has 0 radical (unpaired) electrons. The van der Waals surface area contributed by atoms with Gasteiger partial charge in [-0.05, 0) is 128 Å². The van der Waals surface area contributed by atoms with Crippen LogP contribution in [0.15, 0.2) is 84.9 Å². The van der Waals surface area contributed by atoms with Crippen molar-refractivity contribution in [3.05, 3.63) is 113 Å². The Labute approximate surface area is 230 Å². The molecule has 5 aromatic carbocycles. The van der Waals surface area contributed by atoms with Crippen molar-refractivity contribution in [3.8, 4) is 11.5 Å². The summed E-state index contributed by atoms with van der Waals surface area (Å²) in [7, 11) is 0. The molecule has 3 heterocycles. The SMILES string of the molecule is Cc1ccc(N2c3cc(C)cc4c3B3c5c(cc(C)cc5N(c5ccc(C)cc5)c5cc(C)cc2c53)O4)cc1. The van der Waals surface area contributed by atoms with Crippen LogP contribution in [0.2, 0.25) is 0 Å². The van der Waals surface area contributed by atoms with Gasteiger partial charge in [0.05, 0.1) is 0 Å². The van der Waals surface area contributed by atoms with Gasteiger partial charge in [-0.1, -0.05) is 35.4 Å². The second kappa shape index (κ2) is 7.80. The van der Waals surface area contributed by atoms with Gasteiger partial charge in [-0.2, -0.15) is 0 Å². The lowest BCUT2D eigenvalue weighted by Crippen LogP contribution is -2.63. The van der Waals surface area contributed by atoms with Crippen LogP contribution < -0.4 is 30.9 Å². The lowest BCUT2D eigenvalue weighted by atomic mass is 9.32. The van der Waals surface area contributed by atoms with Crippen molar-refractivity contribution in [2.75, 3.05) is 9.80 Å². The van der Waals surface area contributed by atoms with Gasteiger partial charge in [0, 0.05) is 34.1 Å². The number of benzene rings is 5. The highest BCUT2D eigenvalue weighted by Gasteiger charge is 2.48. The third kappa shape index (κ3) is 3.12. The van der Waals surface area contributed by atoms with Crippen LogP contribution >= 0.6 is 0 Å². The highest BCUT2D eigenvalue weighted by Crippen LogP contribution is 2.48. The Bertz CT molecular complexity index is 1710. The molecule has 0 unspecified atom stereocenters. The second-order valence-corrected chi connectivity index (χ2v) is 11.5. The van der Waals surface area contributed by atoms with Gasteiger partial charge in [0.1, 0.15) is 11.5 Å². The molecule has 0 aliphatic carbocycles. The van der Waals surface area contributed by atoms with E-state index in [1.54, 1.807) is 0 Å². The zero-order chi connectivity index (χ0) is 26.6. The fraction of sp³-hybridized carbons (Fsp3) is 0.143. The summed E-state index contributed by atoms with van der Waals surface area (Å²) in [6.07, 6.45) is 0. The van der Waals surface area contributed by atoms with E-state index in [0.29, 0.717) is 0 Å². The van der Waals surface area contributed by atoms with E-state index in [-0.39, 0.29) is 6.71 Å². The third-order valence-electron chi connectivity index (χ3n) is 8.44. The van der Waals surface area contributed by atoms with E-state index in [1.807, 2.05) is 0 Å². The Balaban J connectivity index is 1.52. The first kappa shape index (κ1) is 22.5. The monoisotopic (exact) mass is 504 g/mol. The number of hydrogen-bond acceptors (Lipinski definition) is 3. The van der Waals surface area contributed by atoms with Crippen LogP contribution in [-0.4, -0.2) is 6.71 Å². The zero-order valence-corrected chi connectivity index (χ0v) is 23.0. The van der Waals surface area contributed by atoms with Crippen LogP contribution in [0.4, 0.5) is 34.1 Å². The third-order valence-corrected chi connectivity index (χ3v) is 8.44. The van der Waals surface area contributed by atoms with Gasteiger partial charge in [0.2, 0.25) is 0 Å². The van der Waals surface area contributed by atoms with Crippen molar-refractivity contribution in [3.63, 3.8) is 0 Å². The van der Waals surface area contributed by atoms with Crippen molar-refractivity contribution >= 4 is 57.2 Å². The van der Waals surface area contributed by atoms with E-state index < -0.39 is 0 Å². The van der Waals surface area contributed by atoms with Crippen molar-refractivity contribution in [1.29, 1.82) is 0 Å². The number of rotatable bonds is 2. The largest absolute Gasteiger partial charge is 0.458 e. The molecule has 0 fully saturated rings. The molecule has 0 N–H and O–H groups in total. The summed E-state index contributed by atoms with van der Waals surface area (Å²) in [6.45, 7) is 11.0. The molecular formula is C35H29BN2O. The van der Waals surface area contributed by atoms with Crippen LogP contribution in [0.5, 0.6) is 11.5 Å². The molecule has 8 rings (SSSR count). The predicted molar refractivity (Wildman–Crippen MR) is 164 cm³/mol. The molecule has 3 aliphatic rings. The number of hydrogen-bond donors (Lipinski definition) is 0. The maximum Gasteiger partial charge on any atom is 0.261 e. The summed E-state index contributed by atoms with van der Waals surface area (Å²) in [4.78, 5) is 4.91. The summed E-state index contributed by atoms with van der Waals surface area (Å²) in [5.74, 6) is 1.94. The lowest BCUT2D eigenvalue weighted by molar-refractivity contribution is 0.486. The molecule has 0 bridgehead atoms. The minimum atomic E-state index is 0.115. The Morgan fingerprint density at radius 2 is 0.795 bits per heavy atom. The zero-order valence-electron chi connectivity index (χ0n) is 23.0. The van der Waals surface area contributed by atoms with Crippen molar-refractivity contribution < 1.29 is 4.74 Å². The summed E-state index contributed by atoms with van der Waals surface area (Å²) in [5.41, 5.74) is 17.3. The Hall–Kier alpha value is -4.44. The highest BCUT2D eigenvalue weighted by molar-refractivity contribution is 7.01. The van der Waals surface area contributed by atoms with Crippen molar-refractivity contribution in [1.82, 2.24) is 0 Å². The first-order chi connectivity index (χ1) is 18.9. The van der Waals surface area contributed by atoms with Gasteiger partial charge in [-0.25, -0.2) is 0 Å². The van der Waals surface area contributed by atoms with Crippen molar-refractivity contribution in [2.24, 2.45) is 0 Å². The fourth-order valence-corrected chi connectivity index (χ4v) is 6.79. The molecule has 0 saturated heterocycles. The van der Waals surface area contributed by atoms with Gasteiger partial charge >= 0.3 is 0 Å². The van der Waals surface area contributed by atoms with Gasteiger partial charge in [-0.15, -0.1) is 0 Å². The molecule has 0 spiro atoms. The van der Waals surface area contributed by atoms with E-state index in [0.717, 1.165) is 11.5 Å². The molecule has 5 aromatic rings. The van der Waals surface area contributed by atoms with Crippen LogP contribution in [0.25, 0.3) is 0 Å². The summed E-state index contributed by atoms with van der Waals surface area (Å²) in [5, 5.41) is 0. The standard InChI is InChI=1S/C35H29BN2O/c1-20-6-10-25(11-7-20)37-27-14-22(3)15-28-33(27)36-34-29(37)16-23(4)18-31(34)39-32-19-24(5)17-30(35(32)36)38(28)26-12-8-21(2)9-13-26/h6-19H,1-5H3. The van der Waals surface area contributed by atoms with Gasteiger partial charge in [0.15, 0.2) is 0 Å². The summed E-state index contributed by atoms with van der Waals surface area (Å²) >= 11 is 0. The fourth-order valence-electron chi connectivity index (χ4n) is 6.79. The quantitative estimate of drug-likeness (QED) is 0.228. The lowest BCUT2D eigenvalue weighted by Gasteiger charge is -2.46. The van der Waals surface area contributed by atoms with E-state index >= 15 is 0 Å². The van der Waals surface area contributed by atoms with Crippen LogP contribution in [0.1, 0.15) is 27.8 Å². The number of ether oxygens (including phenoxy) is 1. The Morgan fingerprint density at radius 1 is 0.436 bits per heavy atom. The average molecular weight is 504 g/mol. The van der Waals surface area contributed by atoms with Crippen molar-refractivity contribution in [2.45, 2.75) is 34.6 Å². The molecule has 0 aromatic heterocycles. The van der Waals surface area contributed by atoms with Crippen LogP contribution in [0, 0.1) is 34.6 Å². The minimum Gasteiger partial charge on any atom is -0.458 e. The van der Waals surface area contributed by atoms with Crippen LogP contribution in [0.3, 0.4) is 0 Å².